The minimum Gasteiger partial charge on any atom is -0.368 e. The van der Waals surface area contributed by atoms with E-state index in [-0.39, 0.29) is 0 Å². The maximum Gasteiger partial charge on any atom is 0.0459 e. The van der Waals surface area contributed by atoms with Crippen LogP contribution in [0.3, 0.4) is 0 Å². The highest BCUT2D eigenvalue weighted by Crippen LogP contribution is 2.36. The first-order valence-corrected chi connectivity index (χ1v) is 6.89. The molecule has 0 unspecified atom stereocenters. The number of benzene rings is 1. The Balaban J connectivity index is 2.30. The molecule has 17 heavy (non-hydrogen) atoms. The van der Waals surface area contributed by atoms with Gasteiger partial charge in [-0.3, -0.25) is 0 Å². The van der Waals surface area contributed by atoms with Gasteiger partial charge in [0.2, 0.25) is 0 Å². The monoisotopic (exact) mass is 252 g/mol. The number of hydrogen-bond donors (Lipinski definition) is 1. The van der Waals surface area contributed by atoms with Crippen LogP contribution in [0.1, 0.15) is 31.7 Å². The molecule has 0 atom stereocenters. The summed E-state index contributed by atoms with van der Waals surface area (Å²) in [6, 6.07) is 6.92. The van der Waals surface area contributed by atoms with Gasteiger partial charge in [0.05, 0.1) is 0 Å². The van der Waals surface area contributed by atoms with E-state index in [1.54, 1.807) is 0 Å². The number of halogens is 1. The van der Waals surface area contributed by atoms with Crippen molar-refractivity contribution in [3.05, 3.63) is 28.8 Å². The van der Waals surface area contributed by atoms with E-state index in [0.717, 1.165) is 24.0 Å². The lowest BCUT2D eigenvalue weighted by Gasteiger charge is -2.27. The van der Waals surface area contributed by atoms with Crippen molar-refractivity contribution >= 4 is 17.3 Å². The molecule has 0 aromatic heterocycles. The van der Waals surface area contributed by atoms with Crippen molar-refractivity contribution in [2.45, 2.75) is 38.6 Å². The van der Waals surface area contributed by atoms with Gasteiger partial charge < -0.3 is 10.6 Å². The lowest BCUT2D eigenvalue weighted by atomic mass is 10.1. The maximum absolute atomic E-state index is 6.30. The molecule has 1 fully saturated rings. The van der Waals surface area contributed by atoms with E-state index >= 15 is 0 Å². The van der Waals surface area contributed by atoms with E-state index in [4.69, 9.17) is 17.3 Å². The zero-order valence-electron chi connectivity index (χ0n) is 10.5. The fourth-order valence-corrected chi connectivity index (χ4v) is 2.60. The van der Waals surface area contributed by atoms with Crippen LogP contribution in [-0.4, -0.2) is 19.1 Å². The van der Waals surface area contributed by atoms with Crippen molar-refractivity contribution in [2.75, 3.05) is 18.0 Å². The van der Waals surface area contributed by atoms with Gasteiger partial charge in [-0.1, -0.05) is 24.6 Å². The second-order valence-corrected chi connectivity index (χ2v) is 5.11. The van der Waals surface area contributed by atoms with Crippen LogP contribution in [0.2, 0.25) is 5.02 Å². The lowest BCUT2D eigenvalue weighted by Crippen LogP contribution is -2.28. The standard InChI is InChI=1S/C14H21ClN2/c1-2-10-17(11-6-7-11)14-5-3-4-13(15)12(14)8-9-16/h3-5,11H,2,6-10,16H2,1H3. The van der Waals surface area contributed by atoms with Crippen LogP contribution in [0, 0.1) is 0 Å². The van der Waals surface area contributed by atoms with Crippen LogP contribution in [0.4, 0.5) is 5.69 Å². The fourth-order valence-electron chi connectivity index (χ4n) is 2.34. The van der Waals surface area contributed by atoms with Crippen LogP contribution in [0.15, 0.2) is 18.2 Å². The summed E-state index contributed by atoms with van der Waals surface area (Å²) in [5.41, 5.74) is 8.20. The predicted octanol–water partition coefficient (Wildman–Crippen LogP) is 3.22. The van der Waals surface area contributed by atoms with Crippen molar-refractivity contribution in [3.63, 3.8) is 0 Å². The van der Waals surface area contributed by atoms with E-state index in [1.807, 2.05) is 12.1 Å². The van der Waals surface area contributed by atoms with Crippen molar-refractivity contribution in [1.29, 1.82) is 0 Å². The van der Waals surface area contributed by atoms with Crippen LogP contribution in [-0.2, 0) is 6.42 Å². The van der Waals surface area contributed by atoms with E-state index in [0.29, 0.717) is 6.54 Å². The average Bonchev–Trinajstić information content (AvgIpc) is 3.13. The van der Waals surface area contributed by atoms with Crippen LogP contribution in [0.25, 0.3) is 0 Å². The summed E-state index contributed by atoms with van der Waals surface area (Å²) in [6.45, 7) is 3.99. The van der Waals surface area contributed by atoms with Gasteiger partial charge in [-0.2, -0.15) is 0 Å². The molecule has 2 nitrogen and oxygen atoms in total. The minimum absolute atomic E-state index is 0.654. The molecule has 0 aliphatic heterocycles. The molecular formula is C14H21ClN2. The second-order valence-electron chi connectivity index (χ2n) is 4.70. The first kappa shape index (κ1) is 12.7. The van der Waals surface area contributed by atoms with Crippen molar-refractivity contribution in [1.82, 2.24) is 0 Å². The number of nitrogens with zero attached hydrogens (tertiary/aromatic N) is 1. The molecule has 0 radical (unpaired) electrons. The smallest absolute Gasteiger partial charge is 0.0459 e. The number of anilines is 1. The summed E-state index contributed by atoms with van der Waals surface area (Å²) in [5.74, 6) is 0. The molecule has 1 saturated carbocycles. The van der Waals surface area contributed by atoms with E-state index in [1.165, 1.54) is 30.5 Å². The van der Waals surface area contributed by atoms with Crippen molar-refractivity contribution in [3.8, 4) is 0 Å². The molecule has 94 valence electrons. The van der Waals surface area contributed by atoms with Crippen LogP contribution < -0.4 is 10.6 Å². The van der Waals surface area contributed by atoms with Gasteiger partial charge in [-0.15, -0.1) is 0 Å². The molecule has 1 aliphatic carbocycles. The molecule has 2 rings (SSSR count). The summed E-state index contributed by atoms with van der Waals surface area (Å²) < 4.78 is 0. The second kappa shape index (κ2) is 5.74. The highest BCUT2D eigenvalue weighted by molar-refractivity contribution is 6.31. The Labute approximate surface area is 109 Å². The number of hydrogen-bond acceptors (Lipinski definition) is 2. The molecule has 1 aromatic carbocycles. The maximum atomic E-state index is 6.30. The first-order valence-electron chi connectivity index (χ1n) is 6.52. The van der Waals surface area contributed by atoms with Gasteiger partial charge in [-0.05, 0) is 49.9 Å². The Morgan fingerprint density at radius 2 is 2.18 bits per heavy atom. The Hall–Kier alpha value is -0.730. The molecule has 1 aliphatic rings. The SMILES string of the molecule is CCCN(c1cccc(Cl)c1CCN)C1CC1. The highest BCUT2D eigenvalue weighted by atomic mass is 35.5. The molecule has 0 bridgehead atoms. The number of nitrogens with two attached hydrogens (primary N) is 1. The fraction of sp³-hybridized carbons (Fsp3) is 0.571. The number of rotatable bonds is 6. The first-order chi connectivity index (χ1) is 8.27. The van der Waals surface area contributed by atoms with Gasteiger partial charge in [0.15, 0.2) is 0 Å². The molecular weight excluding hydrogens is 232 g/mol. The Morgan fingerprint density at radius 1 is 1.41 bits per heavy atom. The Kier molecular flexibility index (Phi) is 4.30. The average molecular weight is 253 g/mol. The summed E-state index contributed by atoms with van der Waals surface area (Å²) in [4.78, 5) is 2.51. The minimum atomic E-state index is 0.654. The summed E-state index contributed by atoms with van der Waals surface area (Å²) in [7, 11) is 0. The molecule has 0 spiro atoms. The molecule has 3 heteroatoms. The molecule has 0 saturated heterocycles. The van der Waals surface area contributed by atoms with E-state index < -0.39 is 0 Å². The lowest BCUT2D eigenvalue weighted by molar-refractivity contribution is 0.756. The third-order valence-corrected chi connectivity index (χ3v) is 3.60. The molecule has 2 N–H and O–H groups in total. The van der Waals surface area contributed by atoms with Gasteiger partial charge in [0, 0.05) is 23.3 Å². The summed E-state index contributed by atoms with van der Waals surface area (Å²) in [5, 5.41) is 0.856. The Bertz CT molecular complexity index is 374. The molecule has 1 aromatic rings. The Morgan fingerprint density at radius 3 is 2.76 bits per heavy atom. The molecule has 0 amide bonds. The van der Waals surface area contributed by atoms with E-state index in [2.05, 4.69) is 17.9 Å². The highest BCUT2D eigenvalue weighted by Gasteiger charge is 2.29. The topological polar surface area (TPSA) is 29.3 Å². The van der Waals surface area contributed by atoms with Gasteiger partial charge in [0.1, 0.15) is 0 Å². The quantitative estimate of drug-likeness (QED) is 0.842. The molecule has 0 heterocycles. The third kappa shape index (κ3) is 2.93. The predicted molar refractivity (Wildman–Crippen MR) is 74.9 cm³/mol. The normalized spacial score (nSPS) is 15.0. The van der Waals surface area contributed by atoms with Crippen LogP contribution >= 0.6 is 11.6 Å². The van der Waals surface area contributed by atoms with Crippen molar-refractivity contribution in [2.24, 2.45) is 5.73 Å². The summed E-state index contributed by atoms with van der Waals surface area (Å²) >= 11 is 6.30. The van der Waals surface area contributed by atoms with Gasteiger partial charge >= 0.3 is 0 Å². The van der Waals surface area contributed by atoms with Gasteiger partial charge in [-0.25, -0.2) is 0 Å². The zero-order chi connectivity index (χ0) is 12.3. The van der Waals surface area contributed by atoms with Gasteiger partial charge in [0.25, 0.3) is 0 Å². The largest absolute Gasteiger partial charge is 0.368 e. The van der Waals surface area contributed by atoms with E-state index in [9.17, 15) is 0 Å². The summed E-state index contributed by atoms with van der Waals surface area (Å²) in [6.07, 6.45) is 4.66. The zero-order valence-corrected chi connectivity index (χ0v) is 11.2. The van der Waals surface area contributed by atoms with Crippen molar-refractivity contribution < 1.29 is 0 Å². The third-order valence-electron chi connectivity index (χ3n) is 3.25. The van der Waals surface area contributed by atoms with Crippen LogP contribution in [0.5, 0.6) is 0 Å².